The first kappa shape index (κ1) is 16.3. The molecule has 0 saturated carbocycles. The van der Waals surface area contributed by atoms with Gasteiger partial charge in [-0.15, -0.1) is 0 Å². The van der Waals surface area contributed by atoms with E-state index in [2.05, 4.69) is 5.32 Å². The number of likely N-dealkylation sites (N-methyl/N-ethyl adjacent to an activating group) is 1. The molecule has 1 fully saturated rings. The summed E-state index contributed by atoms with van der Waals surface area (Å²) in [6, 6.07) is 2.47. The largest absolute Gasteiger partial charge is 0.313 e. The van der Waals surface area contributed by atoms with Crippen molar-refractivity contribution in [2.45, 2.75) is 37.1 Å². The molecule has 0 bridgehead atoms. The van der Waals surface area contributed by atoms with E-state index in [1.807, 2.05) is 0 Å². The summed E-state index contributed by atoms with van der Waals surface area (Å²) in [4.78, 5) is -0.336. The van der Waals surface area contributed by atoms with Crippen LogP contribution in [0.3, 0.4) is 0 Å². The van der Waals surface area contributed by atoms with Crippen LogP contribution in [-0.4, -0.2) is 38.4 Å². The van der Waals surface area contributed by atoms with Crippen LogP contribution in [0.25, 0.3) is 0 Å². The first-order valence-electron chi connectivity index (χ1n) is 7.13. The van der Waals surface area contributed by atoms with Crippen molar-refractivity contribution in [3.63, 3.8) is 0 Å². The van der Waals surface area contributed by atoms with Crippen LogP contribution in [0, 0.1) is 11.6 Å². The van der Waals surface area contributed by atoms with Gasteiger partial charge in [-0.3, -0.25) is 0 Å². The third-order valence-corrected chi connectivity index (χ3v) is 5.58. The van der Waals surface area contributed by atoms with Crippen molar-refractivity contribution in [2.24, 2.45) is 0 Å². The Hall–Kier alpha value is -1.05. The van der Waals surface area contributed by atoms with E-state index in [1.54, 1.807) is 6.92 Å². The summed E-state index contributed by atoms with van der Waals surface area (Å²) in [7, 11) is -3.88. The smallest absolute Gasteiger partial charge is 0.243 e. The van der Waals surface area contributed by atoms with E-state index < -0.39 is 21.7 Å². The van der Waals surface area contributed by atoms with Gasteiger partial charge in [-0.2, -0.15) is 4.31 Å². The molecule has 0 aliphatic carbocycles. The minimum atomic E-state index is -3.88. The molecule has 0 amide bonds. The molecular weight excluding hydrogens is 298 g/mol. The molecular formula is C14H20F2N2O2S. The average molecular weight is 318 g/mol. The maximum atomic E-state index is 13.2. The fourth-order valence-electron chi connectivity index (χ4n) is 2.55. The highest BCUT2D eigenvalue weighted by atomic mass is 32.2. The summed E-state index contributed by atoms with van der Waals surface area (Å²) in [6.07, 6.45) is 3.05. The molecule has 0 aromatic heterocycles. The molecule has 1 aliphatic rings. The Morgan fingerprint density at radius 2 is 1.90 bits per heavy atom. The lowest BCUT2D eigenvalue weighted by Gasteiger charge is -2.29. The maximum Gasteiger partial charge on any atom is 0.243 e. The monoisotopic (exact) mass is 318 g/mol. The van der Waals surface area contributed by atoms with Crippen molar-refractivity contribution in [1.82, 2.24) is 9.62 Å². The number of hydrogen-bond acceptors (Lipinski definition) is 3. The Morgan fingerprint density at radius 1 is 1.24 bits per heavy atom. The van der Waals surface area contributed by atoms with Gasteiger partial charge in [-0.1, -0.05) is 13.3 Å². The van der Waals surface area contributed by atoms with Crippen molar-refractivity contribution < 1.29 is 17.2 Å². The molecule has 1 aliphatic heterocycles. The van der Waals surface area contributed by atoms with E-state index in [0.29, 0.717) is 12.6 Å². The predicted molar refractivity (Wildman–Crippen MR) is 76.4 cm³/mol. The number of rotatable bonds is 5. The first-order chi connectivity index (χ1) is 9.93. The molecule has 21 heavy (non-hydrogen) atoms. The molecule has 4 nitrogen and oxygen atoms in total. The van der Waals surface area contributed by atoms with Crippen LogP contribution in [0.15, 0.2) is 23.1 Å². The van der Waals surface area contributed by atoms with Crippen LogP contribution in [0.4, 0.5) is 8.78 Å². The third kappa shape index (κ3) is 3.99. The molecule has 1 heterocycles. The van der Waals surface area contributed by atoms with Gasteiger partial charge in [0.25, 0.3) is 0 Å². The molecule has 1 N–H and O–H groups in total. The van der Waals surface area contributed by atoms with E-state index in [4.69, 9.17) is 0 Å². The lowest BCUT2D eigenvalue weighted by molar-refractivity contribution is 0.319. The van der Waals surface area contributed by atoms with Crippen molar-refractivity contribution in [3.8, 4) is 0 Å². The van der Waals surface area contributed by atoms with Crippen LogP contribution in [-0.2, 0) is 10.0 Å². The number of nitrogens with one attached hydrogen (secondary N) is 1. The molecule has 0 radical (unpaired) electrons. The first-order valence-corrected chi connectivity index (χ1v) is 8.57. The minimum absolute atomic E-state index is 0.0897. The van der Waals surface area contributed by atoms with Crippen molar-refractivity contribution in [1.29, 1.82) is 0 Å². The quantitative estimate of drug-likeness (QED) is 0.905. The predicted octanol–water partition coefficient (Wildman–Crippen LogP) is 2.12. The molecule has 1 atom stereocenters. The van der Waals surface area contributed by atoms with Crippen LogP contribution in [0.5, 0.6) is 0 Å². The summed E-state index contributed by atoms with van der Waals surface area (Å²) in [5.41, 5.74) is 0. The number of piperidine rings is 1. The van der Waals surface area contributed by atoms with Gasteiger partial charge >= 0.3 is 0 Å². The number of benzene rings is 1. The lowest BCUT2D eigenvalue weighted by Crippen LogP contribution is -2.45. The number of nitrogens with zero attached hydrogens (tertiary/aromatic N) is 1. The second kappa shape index (κ2) is 6.81. The van der Waals surface area contributed by atoms with Gasteiger partial charge in [0.1, 0.15) is 11.6 Å². The Balaban J connectivity index is 2.22. The topological polar surface area (TPSA) is 49.4 Å². The number of sulfonamides is 1. The summed E-state index contributed by atoms with van der Waals surface area (Å²) in [5, 5.41) is 3.28. The highest BCUT2D eigenvalue weighted by Crippen LogP contribution is 2.20. The van der Waals surface area contributed by atoms with Gasteiger partial charge in [-0.05, 0) is 31.5 Å². The van der Waals surface area contributed by atoms with Crippen LogP contribution < -0.4 is 5.32 Å². The minimum Gasteiger partial charge on any atom is -0.313 e. The Labute approximate surface area is 124 Å². The van der Waals surface area contributed by atoms with Crippen molar-refractivity contribution >= 4 is 10.0 Å². The molecule has 118 valence electrons. The third-order valence-electron chi connectivity index (χ3n) is 3.66. The normalized spacial score (nSPS) is 19.9. The maximum absolute atomic E-state index is 13.2. The molecule has 1 aromatic carbocycles. The second-order valence-corrected chi connectivity index (χ2v) is 7.15. The summed E-state index contributed by atoms with van der Waals surface area (Å²) >= 11 is 0. The molecule has 1 saturated heterocycles. The lowest BCUT2D eigenvalue weighted by atomic mass is 10.1. The number of halogens is 2. The standard InChI is InChI=1S/C14H20F2N2O2S/c1-2-18(10-13-5-3-4-6-17-13)21(19,20)14-8-11(15)7-12(16)9-14/h7-9,13,17H,2-6,10H2,1H3. The van der Waals surface area contributed by atoms with E-state index in [9.17, 15) is 17.2 Å². The van der Waals surface area contributed by atoms with E-state index in [0.717, 1.165) is 37.9 Å². The van der Waals surface area contributed by atoms with Crippen LogP contribution in [0.1, 0.15) is 26.2 Å². The zero-order valence-corrected chi connectivity index (χ0v) is 12.8. The van der Waals surface area contributed by atoms with Gasteiger partial charge in [0.15, 0.2) is 0 Å². The molecule has 2 rings (SSSR count). The van der Waals surface area contributed by atoms with Gasteiger partial charge in [0.2, 0.25) is 10.0 Å². The Bertz CT molecular complexity index is 566. The SMILES string of the molecule is CCN(CC1CCCCN1)S(=O)(=O)c1cc(F)cc(F)c1. The second-order valence-electron chi connectivity index (χ2n) is 5.21. The van der Waals surface area contributed by atoms with E-state index in [1.165, 1.54) is 4.31 Å². The van der Waals surface area contributed by atoms with Gasteiger partial charge in [0.05, 0.1) is 4.90 Å². The van der Waals surface area contributed by atoms with Crippen LogP contribution in [0.2, 0.25) is 0 Å². The summed E-state index contributed by atoms with van der Waals surface area (Å²) in [6.45, 7) is 3.17. The zero-order valence-electron chi connectivity index (χ0n) is 12.0. The highest BCUT2D eigenvalue weighted by molar-refractivity contribution is 7.89. The van der Waals surface area contributed by atoms with Crippen molar-refractivity contribution in [3.05, 3.63) is 29.8 Å². The zero-order chi connectivity index (χ0) is 15.5. The summed E-state index contributed by atoms with van der Waals surface area (Å²) in [5.74, 6) is -1.78. The highest BCUT2D eigenvalue weighted by Gasteiger charge is 2.27. The van der Waals surface area contributed by atoms with Crippen LogP contribution >= 0.6 is 0 Å². The van der Waals surface area contributed by atoms with Gasteiger partial charge in [-0.25, -0.2) is 17.2 Å². The van der Waals surface area contributed by atoms with Gasteiger partial charge in [0, 0.05) is 25.2 Å². The Morgan fingerprint density at radius 3 is 2.43 bits per heavy atom. The van der Waals surface area contributed by atoms with Gasteiger partial charge < -0.3 is 5.32 Å². The van der Waals surface area contributed by atoms with E-state index in [-0.39, 0.29) is 17.5 Å². The molecule has 1 aromatic rings. The number of hydrogen-bond donors (Lipinski definition) is 1. The molecule has 7 heteroatoms. The van der Waals surface area contributed by atoms with Crippen molar-refractivity contribution in [2.75, 3.05) is 19.6 Å². The molecule has 1 unspecified atom stereocenters. The fourth-order valence-corrected chi connectivity index (χ4v) is 4.09. The average Bonchev–Trinajstić information content (AvgIpc) is 2.44. The summed E-state index contributed by atoms with van der Waals surface area (Å²) < 4.78 is 52.8. The molecule has 0 spiro atoms. The Kier molecular flexibility index (Phi) is 5.29. The van der Waals surface area contributed by atoms with E-state index >= 15 is 0 Å². The fraction of sp³-hybridized carbons (Fsp3) is 0.571.